The third-order valence-electron chi connectivity index (χ3n) is 7.69. The number of nitrogens with zero attached hydrogens (tertiary/aromatic N) is 3. The minimum atomic E-state index is -0.622. The maximum atomic E-state index is 13.7. The fourth-order valence-corrected chi connectivity index (χ4v) is 6.57. The zero-order valence-electron chi connectivity index (χ0n) is 25.6. The number of fused-ring (bicyclic) bond motifs is 1. The number of aromatic nitrogens is 1. The molecule has 3 aromatic carbocycles. The predicted molar refractivity (Wildman–Crippen MR) is 172 cm³/mol. The van der Waals surface area contributed by atoms with Gasteiger partial charge in [-0.3, -0.25) is 10.1 Å². The Hall–Kier alpha value is -4.74. The van der Waals surface area contributed by atoms with E-state index in [2.05, 4.69) is 4.90 Å². The van der Waals surface area contributed by atoms with E-state index in [4.69, 9.17) is 23.3 Å². The molecule has 5 rings (SSSR count). The van der Waals surface area contributed by atoms with Gasteiger partial charge in [0.25, 0.3) is 5.69 Å². The number of hydrogen-bond acceptors (Lipinski definition) is 10. The van der Waals surface area contributed by atoms with Crippen LogP contribution >= 0.6 is 11.5 Å². The number of ether oxygens (including phenoxy) is 4. The number of carbonyl (C=O) groups is 1. The summed E-state index contributed by atoms with van der Waals surface area (Å²) < 4.78 is 27.4. The lowest BCUT2D eigenvalue weighted by Gasteiger charge is -2.36. The molecule has 0 radical (unpaired) electrons. The largest absolute Gasteiger partial charge is 0.493 e. The van der Waals surface area contributed by atoms with Crippen molar-refractivity contribution in [2.75, 3.05) is 32.3 Å². The number of carbonyl (C=O) groups excluding carboxylic acids is 1. The molecule has 0 fully saturated rings. The molecule has 1 aliphatic rings. The molecule has 1 atom stereocenters. The Morgan fingerprint density at radius 3 is 2.49 bits per heavy atom. The number of anilines is 1. The van der Waals surface area contributed by atoms with Gasteiger partial charge in [-0.25, -0.2) is 4.79 Å². The molecule has 0 bridgehead atoms. The predicted octanol–water partition coefficient (Wildman–Crippen LogP) is 6.82. The fourth-order valence-electron chi connectivity index (χ4n) is 5.55. The van der Waals surface area contributed by atoms with E-state index in [1.165, 1.54) is 23.7 Å². The zero-order valence-corrected chi connectivity index (χ0v) is 26.5. The van der Waals surface area contributed by atoms with E-state index < -0.39 is 16.8 Å². The van der Waals surface area contributed by atoms with Crippen LogP contribution in [0.5, 0.6) is 11.5 Å². The van der Waals surface area contributed by atoms with Crippen molar-refractivity contribution >= 4 is 28.2 Å². The summed E-state index contributed by atoms with van der Waals surface area (Å²) in [4.78, 5) is 27.1. The van der Waals surface area contributed by atoms with E-state index >= 15 is 0 Å². The monoisotopic (exact) mass is 629 g/mol. The highest BCUT2D eigenvalue weighted by Crippen LogP contribution is 2.50. The Balaban J connectivity index is 1.59. The van der Waals surface area contributed by atoms with Crippen molar-refractivity contribution in [2.24, 2.45) is 0 Å². The van der Waals surface area contributed by atoms with Crippen LogP contribution in [0.2, 0.25) is 0 Å². The lowest BCUT2D eigenvalue weighted by atomic mass is 9.80. The first kappa shape index (κ1) is 31.7. The first-order chi connectivity index (χ1) is 21.9. The van der Waals surface area contributed by atoms with Gasteiger partial charge in [-0.2, -0.15) is 4.37 Å². The SMILES string of the molecule is CCOC(=O)C1=C(C)N(Cc2ccc(OC)c(OC)c2)c2snc(CCOCc3ccccc3)c2C1c1cccc([N+](=O)[O-])c1. The smallest absolute Gasteiger partial charge is 0.336 e. The van der Waals surface area contributed by atoms with Gasteiger partial charge in [0.05, 0.1) is 50.2 Å². The Bertz CT molecular complexity index is 1700. The molecule has 0 amide bonds. The second-order valence-corrected chi connectivity index (χ2v) is 11.2. The van der Waals surface area contributed by atoms with Crippen molar-refractivity contribution in [3.05, 3.63) is 122 Å². The summed E-state index contributed by atoms with van der Waals surface area (Å²) in [7, 11) is 3.17. The number of rotatable bonds is 13. The molecule has 10 nitrogen and oxygen atoms in total. The molecule has 0 aliphatic carbocycles. The lowest BCUT2D eigenvalue weighted by molar-refractivity contribution is -0.384. The quantitative estimate of drug-likeness (QED) is 0.0681. The van der Waals surface area contributed by atoms with Crippen molar-refractivity contribution in [2.45, 2.75) is 39.3 Å². The molecule has 11 heteroatoms. The van der Waals surface area contributed by atoms with Crippen LogP contribution in [0.1, 0.15) is 47.7 Å². The highest BCUT2D eigenvalue weighted by atomic mass is 32.1. The first-order valence-corrected chi connectivity index (χ1v) is 15.3. The average Bonchev–Trinajstić information content (AvgIpc) is 3.47. The Morgan fingerprint density at radius 1 is 1.00 bits per heavy atom. The maximum Gasteiger partial charge on any atom is 0.336 e. The summed E-state index contributed by atoms with van der Waals surface area (Å²) in [6, 6.07) is 22.0. The maximum absolute atomic E-state index is 13.7. The van der Waals surface area contributed by atoms with E-state index in [1.807, 2.05) is 61.5 Å². The van der Waals surface area contributed by atoms with Gasteiger partial charge in [-0.15, -0.1) is 0 Å². The van der Waals surface area contributed by atoms with Gasteiger partial charge in [0.1, 0.15) is 5.00 Å². The Kier molecular flexibility index (Phi) is 10.1. The zero-order chi connectivity index (χ0) is 31.9. The number of allylic oxidation sites excluding steroid dienone is 1. The topological polar surface area (TPSA) is 113 Å². The van der Waals surface area contributed by atoms with Crippen molar-refractivity contribution < 1.29 is 28.7 Å². The molecule has 1 unspecified atom stereocenters. The number of nitro groups is 1. The Labute approximate surface area is 266 Å². The summed E-state index contributed by atoms with van der Waals surface area (Å²) in [5.41, 5.74) is 5.24. The van der Waals surface area contributed by atoms with Gasteiger partial charge >= 0.3 is 5.97 Å². The molecule has 1 aliphatic heterocycles. The number of benzene rings is 3. The van der Waals surface area contributed by atoms with Crippen LogP contribution in [0.25, 0.3) is 0 Å². The number of methoxy groups -OCH3 is 2. The lowest BCUT2D eigenvalue weighted by Crippen LogP contribution is -2.32. The van der Waals surface area contributed by atoms with Gasteiger partial charge < -0.3 is 23.8 Å². The third-order valence-corrected chi connectivity index (χ3v) is 8.62. The van der Waals surface area contributed by atoms with Crippen LogP contribution in [0.15, 0.2) is 84.1 Å². The molecule has 4 aromatic rings. The van der Waals surface area contributed by atoms with Gasteiger partial charge in [-0.05, 0) is 54.2 Å². The van der Waals surface area contributed by atoms with Crippen LogP contribution in [-0.2, 0) is 33.8 Å². The highest BCUT2D eigenvalue weighted by molar-refractivity contribution is 7.10. The number of non-ortho nitro benzene ring substituents is 1. The molecule has 1 aromatic heterocycles. The van der Waals surface area contributed by atoms with E-state index in [9.17, 15) is 14.9 Å². The first-order valence-electron chi connectivity index (χ1n) is 14.6. The molecular formula is C34H35N3O7S. The summed E-state index contributed by atoms with van der Waals surface area (Å²) >= 11 is 1.34. The van der Waals surface area contributed by atoms with Crippen molar-refractivity contribution in [3.63, 3.8) is 0 Å². The summed E-state index contributed by atoms with van der Waals surface area (Å²) in [5, 5.41) is 12.6. The number of hydrogen-bond donors (Lipinski definition) is 0. The van der Waals surface area contributed by atoms with Crippen LogP contribution in [0, 0.1) is 10.1 Å². The van der Waals surface area contributed by atoms with E-state index in [0.717, 1.165) is 27.4 Å². The number of esters is 1. The molecule has 45 heavy (non-hydrogen) atoms. The highest BCUT2D eigenvalue weighted by Gasteiger charge is 2.40. The van der Waals surface area contributed by atoms with Crippen LogP contribution < -0.4 is 14.4 Å². The van der Waals surface area contributed by atoms with Crippen LogP contribution in [-0.4, -0.2) is 42.7 Å². The van der Waals surface area contributed by atoms with Crippen LogP contribution in [0.3, 0.4) is 0 Å². The van der Waals surface area contributed by atoms with Gasteiger partial charge in [-0.1, -0.05) is 48.5 Å². The number of nitro benzene ring substituents is 1. The molecule has 0 saturated carbocycles. The van der Waals surface area contributed by atoms with Crippen LogP contribution in [0.4, 0.5) is 10.7 Å². The molecule has 0 N–H and O–H groups in total. The molecule has 0 saturated heterocycles. The second-order valence-electron chi connectivity index (χ2n) is 10.4. The fraction of sp³-hybridized carbons (Fsp3) is 0.294. The summed E-state index contributed by atoms with van der Waals surface area (Å²) in [5.74, 6) is 0.103. The van der Waals surface area contributed by atoms with E-state index in [1.54, 1.807) is 27.2 Å². The minimum Gasteiger partial charge on any atom is -0.493 e. The normalized spacial score (nSPS) is 14.2. The average molecular weight is 630 g/mol. The summed E-state index contributed by atoms with van der Waals surface area (Å²) in [6.07, 6.45) is 0.490. The van der Waals surface area contributed by atoms with Crippen molar-refractivity contribution in [1.82, 2.24) is 4.37 Å². The van der Waals surface area contributed by atoms with E-state index in [-0.39, 0.29) is 12.3 Å². The van der Waals surface area contributed by atoms with Gasteiger partial charge in [0, 0.05) is 42.3 Å². The molecule has 234 valence electrons. The molecule has 2 heterocycles. The van der Waals surface area contributed by atoms with Crippen molar-refractivity contribution in [1.29, 1.82) is 0 Å². The van der Waals surface area contributed by atoms with Gasteiger partial charge in [0.15, 0.2) is 11.5 Å². The van der Waals surface area contributed by atoms with Gasteiger partial charge in [0.2, 0.25) is 0 Å². The van der Waals surface area contributed by atoms with Crippen molar-refractivity contribution in [3.8, 4) is 11.5 Å². The van der Waals surface area contributed by atoms with E-state index in [0.29, 0.717) is 54.5 Å². The third kappa shape index (κ3) is 6.84. The Morgan fingerprint density at radius 2 is 1.78 bits per heavy atom. The minimum absolute atomic E-state index is 0.0568. The standard InChI is InChI=1S/C34H35N3O7S/c1-5-44-34(38)30-22(2)36(20-24-14-15-28(41-3)29(18-24)42-4)33-32(31(30)25-12-9-13-26(19-25)37(39)40)27(35-45-33)16-17-43-21-23-10-7-6-8-11-23/h6-15,18-19,31H,5,16-17,20-21H2,1-4H3. The molecule has 0 spiro atoms. The second kappa shape index (κ2) is 14.4. The summed E-state index contributed by atoms with van der Waals surface area (Å²) in [6.45, 7) is 5.09. The molecular weight excluding hydrogens is 594 g/mol.